The van der Waals surface area contributed by atoms with E-state index >= 15 is 0 Å². The second-order valence-corrected chi connectivity index (χ2v) is 8.68. The number of rotatable bonds is 7. The molecule has 0 bridgehead atoms. The van der Waals surface area contributed by atoms with Gasteiger partial charge in [0.05, 0.1) is 21.5 Å². The molecule has 0 saturated carbocycles. The Morgan fingerprint density at radius 2 is 1.86 bits per heavy atom. The van der Waals surface area contributed by atoms with E-state index in [-0.39, 0.29) is 11.5 Å². The van der Waals surface area contributed by atoms with Gasteiger partial charge in [0.25, 0.3) is 0 Å². The van der Waals surface area contributed by atoms with Gasteiger partial charge < -0.3 is 9.30 Å². The van der Waals surface area contributed by atoms with Crippen LogP contribution in [0.4, 0.5) is 0 Å². The molecule has 0 aliphatic rings. The number of sulfonamides is 1. The van der Waals surface area contributed by atoms with Crippen molar-refractivity contribution in [3.05, 3.63) is 59.4 Å². The average molecular weight is 415 g/mol. The molecule has 3 aromatic rings. The monoisotopic (exact) mass is 415 g/mol. The maximum atomic E-state index is 12.4. The SMILES string of the molecule is CCn1c(COC(=O)c2ccc(C=O)cc2)nc2cc(S(=O)(=O)N(C)C)ccc21. The van der Waals surface area contributed by atoms with E-state index in [0.29, 0.717) is 35.3 Å². The Morgan fingerprint density at radius 1 is 1.17 bits per heavy atom. The van der Waals surface area contributed by atoms with Crippen molar-refractivity contribution in [1.82, 2.24) is 13.9 Å². The van der Waals surface area contributed by atoms with Crippen LogP contribution in [-0.4, -0.2) is 48.6 Å². The molecule has 0 N–H and O–H groups in total. The number of aromatic nitrogens is 2. The van der Waals surface area contributed by atoms with Crippen LogP contribution in [0.5, 0.6) is 0 Å². The van der Waals surface area contributed by atoms with Crippen LogP contribution in [0.1, 0.15) is 33.5 Å². The molecule has 0 atom stereocenters. The lowest BCUT2D eigenvalue weighted by atomic mass is 10.1. The smallest absolute Gasteiger partial charge is 0.338 e. The summed E-state index contributed by atoms with van der Waals surface area (Å²) in [6, 6.07) is 10.9. The van der Waals surface area contributed by atoms with E-state index in [4.69, 9.17) is 4.74 Å². The Bertz CT molecular complexity index is 1160. The number of hydrogen-bond donors (Lipinski definition) is 0. The summed E-state index contributed by atoms with van der Waals surface area (Å²) in [4.78, 5) is 27.6. The van der Waals surface area contributed by atoms with Crippen LogP contribution in [0, 0.1) is 0 Å². The minimum atomic E-state index is -3.57. The highest BCUT2D eigenvalue weighted by molar-refractivity contribution is 7.89. The fourth-order valence-electron chi connectivity index (χ4n) is 2.91. The van der Waals surface area contributed by atoms with Crippen LogP contribution in [0.15, 0.2) is 47.4 Å². The van der Waals surface area contributed by atoms with Gasteiger partial charge in [-0.2, -0.15) is 0 Å². The number of nitrogens with zero attached hydrogens (tertiary/aromatic N) is 3. The zero-order valence-corrected chi connectivity index (χ0v) is 17.1. The van der Waals surface area contributed by atoms with E-state index in [1.54, 1.807) is 6.07 Å². The van der Waals surface area contributed by atoms with Gasteiger partial charge in [-0.05, 0) is 37.3 Å². The number of carbonyl (C=O) groups excluding carboxylic acids is 2. The molecule has 29 heavy (non-hydrogen) atoms. The van der Waals surface area contributed by atoms with Gasteiger partial charge in [0, 0.05) is 26.2 Å². The third-order valence-corrected chi connectivity index (χ3v) is 6.32. The predicted molar refractivity (Wildman–Crippen MR) is 107 cm³/mol. The summed E-state index contributed by atoms with van der Waals surface area (Å²) in [7, 11) is -0.634. The topological polar surface area (TPSA) is 98.6 Å². The zero-order chi connectivity index (χ0) is 21.2. The number of hydrogen-bond acceptors (Lipinski definition) is 6. The quantitative estimate of drug-likeness (QED) is 0.434. The van der Waals surface area contributed by atoms with Gasteiger partial charge in [0.1, 0.15) is 18.7 Å². The zero-order valence-electron chi connectivity index (χ0n) is 16.3. The molecular formula is C20H21N3O5S. The van der Waals surface area contributed by atoms with Crippen LogP contribution < -0.4 is 0 Å². The lowest BCUT2D eigenvalue weighted by Crippen LogP contribution is -2.22. The lowest BCUT2D eigenvalue weighted by molar-refractivity contribution is 0.0458. The summed E-state index contributed by atoms with van der Waals surface area (Å²) >= 11 is 0. The number of ether oxygens (including phenoxy) is 1. The van der Waals surface area contributed by atoms with E-state index in [0.717, 1.165) is 9.82 Å². The van der Waals surface area contributed by atoms with Gasteiger partial charge in [-0.3, -0.25) is 4.79 Å². The molecule has 0 aliphatic carbocycles. The number of carbonyl (C=O) groups is 2. The number of fused-ring (bicyclic) bond motifs is 1. The van der Waals surface area contributed by atoms with Gasteiger partial charge in [-0.25, -0.2) is 22.5 Å². The standard InChI is InChI=1S/C20H21N3O5S/c1-4-23-18-10-9-16(29(26,27)22(2)3)11-17(18)21-19(23)13-28-20(25)15-7-5-14(12-24)6-8-15/h5-12H,4,13H2,1-3H3. The van der Waals surface area contributed by atoms with Crippen LogP contribution >= 0.6 is 0 Å². The summed E-state index contributed by atoms with van der Waals surface area (Å²) in [6.07, 6.45) is 0.698. The maximum absolute atomic E-state index is 12.4. The molecule has 9 heteroatoms. The molecule has 8 nitrogen and oxygen atoms in total. The second-order valence-electron chi connectivity index (χ2n) is 6.53. The summed E-state index contributed by atoms with van der Waals surface area (Å²) in [6.45, 7) is 2.44. The van der Waals surface area contributed by atoms with Crippen molar-refractivity contribution in [2.45, 2.75) is 25.0 Å². The Hall–Kier alpha value is -3.04. The largest absolute Gasteiger partial charge is 0.454 e. The Morgan fingerprint density at radius 3 is 2.45 bits per heavy atom. The molecule has 0 unspecified atom stereocenters. The van der Waals surface area contributed by atoms with Crippen molar-refractivity contribution < 1.29 is 22.7 Å². The number of aldehydes is 1. The molecule has 0 aliphatic heterocycles. The fourth-order valence-corrected chi connectivity index (χ4v) is 3.83. The van der Waals surface area contributed by atoms with Crippen molar-refractivity contribution >= 4 is 33.3 Å². The van der Waals surface area contributed by atoms with Crippen LogP contribution in [0.2, 0.25) is 0 Å². The molecule has 2 aromatic carbocycles. The van der Waals surface area contributed by atoms with Gasteiger partial charge in [-0.1, -0.05) is 12.1 Å². The number of benzene rings is 2. The first-order valence-electron chi connectivity index (χ1n) is 8.92. The van der Waals surface area contributed by atoms with Crippen molar-refractivity contribution in [1.29, 1.82) is 0 Å². The van der Waals surface area contributed by atoms with Gasteiger partial charge in [-0.15, -0.1) is 0 Å². The molecule has 1 heterocycles. The van der Waals surface area contributed by atoms with Crippen molar-refractivity contribution in [3.63, 3.8) is 0 Å². The van der Waals surface area contributed by atoms with Crippen LogP contribution in [-0.2, 0) is 27.9 Å². The van der Waals surface area contributed by atoms with Gasteiger partial charge in [0.15, 0.2) is 0 Å². The van der Waals surface area contributed by atoms with E-state index < -0.39 is 16.0 Å². The Balaban J connectivity index is 1.86. The Kier molecular flexibility index (Phi) is 5.81. The second kappa shape index (κ2) is 8.14. The number of esters is 1. The summed E-state index contributed by atoms with van der Waals surface area (Å²) in [5.74, 6) is -0.0206. The molecule has 1 aromatic heterocycles. The first-order valence-corrected chi connectivity index (χ1v) is 10.4. The molecule has 0 fully saturated rings. The highest BCUT2D eigenvalue weighted by atomic mass is 32.2. The van der Waals surface area contributed by atoms with Gasteiger partial charge in [0.2, 0.25) is 10.0 Å². The molecule has 0 saturated heterocycles. The fraction of sp³-hybridized carbons (Fsp3) is 0.250. The normalized spacial score (nSPS) is 11.7. The molecule has 0 radical (unpaired) electrons. The molecular weight excluding hydrogens is 394 g/mol. The minimum absolute atomic E-state index is 0.0629. The molecule has 0 amide bonds. The van der Waals surface area contributed by atoms with E-state index in [1.165, 1.54) is 50.5 Å². The third kappa shape index (κ3) is 4.06. The van der Waals surface area contributed by atoms with E-state index in [9.17, 15) is 18.0 Å². The van der Waals surface area contributed by atoms with Crippen molar-refractivity contribution in [2.75, 3.05) is 14.1 Å². The Labute approximate surface area is 168 Å². The first-order chi connectivity index (χ1) is 13.8. The van der Waals surface area contributed by atoms with Gasteiger partial charge >= 0.3 is 5.97 Å². The van der Waals surface area contributed by atoms with Crippen LogP contribution in [0.25, 0.3) is 11.0 Å². The minimum Gasteiger partial charge on any atom is -0.454 e. The van der Waals surface area contributed by atoms with Crippen LogP contribution in [0.3, 0.4) is 0 Å². The molecule has 152 valence electrons. The van der Waals surface area contributed by atoms with Crippen molar-refractivity contribution in [3.8, 4) is 0 Å². The first kappa shape index (κ1) is 20.7. The summed E-state index contributed by atoms with van der Waals surface area (Å²) < 4.78 is 33.1. The lowest BCUT2D eigenvalue weighted by Gasteiger charge is -2.11. The van der Waals surface area contributed by atoms with E-state index in [2.05, 4.69) is 4.98 Å². The summed E-state index contributed by atoms with van der Waals surface area (Å²) in [5.41, 5.74) is 2.06. The molecule has 3 rings (SSSR count). The van der Waals surface area contributed by atoms with E-state index in [1.807, 2.05) is 11.5 Å². The number of imidazole rings is 1. The predicted octanol–water partition coefficient (Wildman–Crippen LogP) is 2.48. The maximum Gasteiger partial charge on any atom is 0.338 e. The third-order valence-electron chi connectivity index (χ3n) is 4.51. The highest BCUT2D eigenvalue weighted by Gasteiger charge is 2.20. The van der Waals surface area contributed by atoms with Crippen molar-refractivity contribution in [2.24, 2.45) is 0 Å². The molecule has 0 spiro atoms. The summed E-state index contributed by atoms with van der Waals surface area (Å²) in [5, 5.41) is 0. The highest BCUT2D eigenvalue weighted by Crippen LogP contribution is 2.22. The average Bonchev–Trinajstić information content (AvgIpc) is 3.08. The number of aryl methyl sites for hydroxylation is 1.